The van der Waals surface area contributed by atoms with E-state index in [1.54, 1.807) is 31.2 Å². The van der Waals surface area contributed by atoms with Gasteiger partial charge in [0.15, 0.2) is 0 Å². The number of ketones is 1. The standard InChI is InChI=1S/C30H30ClNO6/c1-5-37-24-16-19(12-15-22(24)31)27(34)25-26(18-10-13-21(33)14-11-18)32(29(36)28(25)35)17-20-8-6-7-9-23(20)38-30(2,3)4/h6-16,26,33-34H,5,17H2,1-4H3/b27-25-. The van der Waals surface area contributed by atoms with Gasteiger partial charge in [0.05, 0.1) is 29.8 Å². The largest absolute Gasteiger partial charge is 0.508 e. The zero-order chi connectivity index (χ0) is 27.6. The predicted octanol–water partition coefficient (Wildman–Crippen LogP) is 6.24. The Bertz CT molecular complexity index is 1390. The lowest BCUT2D eigenvalue weighted by Gasteiger charge is -2.28. The van der Waals surface area contributed by atoms with Gasteiger partial charge in [0.2, 0.25) is 0 Å². The Morgan fingerprint density at radius 3 is 2.34 bits per heavy atom. The summed E-state index contributed by atoms with van der Waals surface area (Å²) < 4.78 is 11.7. The lowest BCUT2D eigenvalue weighted by Crippen LogP contribution is -2.30. The molecule has 8 heteroatoms. The number of phenolic OH excluding ortho intramolecular Hbond substituents is 1. The number of aliphatic hydroxyl groups excluding tert-OH is 1. The second-order valence-corrected chi connectivity index (χ2v) is 10.3. The Balaban J connectivity index is 1.85. The average Bonchev–Trinajstić information content (AvgIpc) is 3.11. The molecule has 0 aliphatic carbocycles. The van der Waals surface area contributed by atoms with Crippen molar-refractivity contribution in [3.63, 3.8) is 0 Å². The van der Waals surface area contributed by atoms with E-state index in [2.05, 4.69) is 0 Å². The summed E-state index contributed by atoms with van der Waals surface area (Å²) in [6.07, 6.45) is 0. The molecular weight excluding hydrogens is 506 g/mol. The molecule has 2 N–H and O–H groups in total. The molecule has 0 bridgehead atoms. The zero-order valence-corrected chi connectivity index (χ0v) is 22.5. The minimum absolute atomic E-state index is 0.0358. The molecule has 0 saturated carbocycles. The van der Waals surface area contributed by atoms with Crippen LogP contribution in [0.3, 0.4) is 0 Å². The summed E-state index contributed by atoms with van der Waals surface area (Å²) in [5.41, 5.74) is 0.999. The molecule has 1 aliphatic rings. The highest BCUT2D eigenvalue weighted by molar-refractivity contribution is 6.46. The molecule has 1 aliphatic heterocycles. The van der Waals surface area contributed by atoms with Gasteiger partial charge in [-0.05, 0) is 69.7 Å². The second kappa shape index (κ2) is 10.8. The van der Waals surface area contributed by atoms with Crippen LogP contribution in [0.2, 0.25) is 5.02 Å². The minimum Gasteiger partial charge on any atom is -0.508 e. The lowest BCUT2D eigenvalue weighted by molar-refractivity contribution is -0.140. The molecule has 1 amide bonds. The first-order valence-corrected chi connectivity index (χ1v) is 12.6. The number of amides is 1. The fourth-order valence-electron chi connectivity index (χ4n) is 4.37. The van der Waals surface area contributed by atoms with Crippen LogP contribution >= 0.6 is 11.6 Å². The van der Waals surface area contributed by atoms with E-state index < -0.39 is 23.3 Å². The number of aromatic hydroxyl groups is 1. The molecule has 38 heavy (non-hydrogen) atoms. The highest BCUT2D eigenvalue weighted by atomic mass is 35.5. The molecule has 1 fully saturated rings. The summed E-state index contributed by atoms with van der Waals surface area (Å²) in [7, 11) is 0. The van der Waals surface area contributed by atoms with Crippen LogP contribution in [0, 0.1) is 0 Å². The van der Waals surface area contributed by atoms with Gasteiger partial charge >= 0.3 is 0 Å². The van der Waals surface area contributed by atoms with Crippen molar-refractivity contribution in [2.45, 2.75) is 45.9 Å². The molecule has 4 rings (SSSR count). The number of carbonyl (C=O) groups is 2. The van der Waals surface area contributed by atoms with E-state index in [1.807, 2.05) is 45.0 Å². The molecule has 3 aromatic rings. The first-order chi connectivity index (χ1) is 18.0. The van der Waals surface area contributed by atoms with Gasteiger partial charge < -0.3 is 24.6 Å². The summed E-state index contributed by atoms with van der Waals surface area (Å²) in [6.45, 7) is 8.00. The van der Waals surface area contributed by atoms with E-state index in [-0.39, 0.29) is 29.2 Å². The van der Waals surface area contributed by atoms with Crippen molar-refractivity contribution in [3.8, 4) is 17.2 Å². The first-order valence-electron chi connectivity index (χ1n) is 12.3. The highest BCUT2D eigenvalue weighted by Gasteiger charge is 2.46. The van der Waals surface area contributed by atoms with Crippen molar-refractivity contribution < 1.29 is 29.3 Å². The molecule has 1 unspecified atom stereocenters. The Morgan fingerprint density at radius 1 is 1.00 bits per heavy atom. The van der Waals surface area contributed by atoms with Crippen molar-refractivity contribution in [1.29, 1.82) is 0 Å². The van der Waals surface area contributed by atoms with Crippen LogP contribution < -0.4 is 9.47 Å². The minimum atomic E-state index is -0.912. The van der Waals surface area contributed by atoms with Crippen LogP contribution in [0.4, 0.5) is 0 Å². The van der Waals surface area contributed by atoms with Gasteiger partial charge in [0, 0.05) is 11.1 Å². The lowest BCUT2D eigenvalue weighted by atomic mass is 9.95. The number of likely N-dealkylation sites (tertiary alicyclic amines) is 1. The van der Waals surface area contributed by atoms with E-state index in [1.165, 1.54) is 23.1 Å². The topological polar surface area (TPSA) is 96.3 Å². The molecular formula is C30H30ClNO6. The fourth-order valence-corrected chi connectivity index (χ4v) is 4.54. The van der Waals surface area contributed by atoms with Gasteiger partial charge in [-0.25, -0.2) is 0 Å². The van der Waals surface area contributed by atoms with Crippen molar-refractivity contribution in [1.82, 2.24) is 4.90 Å². The van der Waals surface area contributed by atoms with Crippen LogP contribution in [0.1, 0.15) is 50.4 Å². The van der Waals surface area contributed by atoms with E-state index in [0.29, 0.717) is 34.3 Å². The molecule has 0 radical (unpaired) electrons. The highest BCUT2D eigenvalue weighted by Crippen LogP contribution is 2.42. The molecule has 3 aromatic carbocycles. The fraction of sp³-hybridized carbons (Fsp3) is 0.267. The number of carbonyl (C=O) groups excluding carboxylic acids is 2. The summed E-state index contributed by atoms with van der Waals surface area (Å²) in [4.78, 5) is 28.2. The van der Waals surface area contributed by atoms with Crippen molar-refractivity contribution in [2.75, 3.05) is 6.61 Å². The van der Waals surface area contributed by atoms with E-state index in [0.717, 1.165) is 0 Å². The quantitative estimate of drug-likeness (QED) is 0.211. The van der Waals surface area contributed by atoms with Gasteiger partial charge in [0.25, 0.3) is 11.7 Å². The molecule has 1 heterocycles. The number of ether oxygens (including phenoxy) is 2. The Kier molecular flexibility index (Phi) is 7.69. The third kappa shape index (κ3) is 5.63. The zero-order valence-electron chi connectivity index (χ0n) is 21.7. The molecule has 0 aromatic heterocycles. The van der Waals surface area contributed by atoms with Crippen LogP contribution in [0.25, 0.3) is 5.76 Å². The molecule has 1 saturated heterocycles. The van der Waals surface area contributed by atoms with Crippen LogP contribution in [0.15, 0.2) is 72.3 Å². The number of hydrogen-bond acceptors (Lipinski definition) is 6. The Morgan fingerprint density at radius 2 is 1.68 bits per heavy atom. The average molecular weight is 536 g/mol. The maximum absolute atomic E-state index is 13.4. The summed E-state index contributed by atoms with van der Waals surface area (Å²) in [5, 5.41) is 21.6. The van der Waals surface area contributed by atoms with Crippen molar-refractivity contribution in [3.05, 3.63) is 94.0 Å². The van der Waals surface area contributed by atoms with Crippen molar-refractivity contribution >= 4 is 29.1 Å². The molecule has 7 nitrogen and oxygen atoms in total. The van der Waals surface area contributed by atoms with Crippen LogP contribution in [-0.4, -0.2) is 39.0 Å². The van der Waals surface area contributed by atoms with E-state index >= 15 is 0 Å². The number of hydrogen-bond donors (Lipinski definition) is 2. The number of halogens is 1. The monoisotopic (exact) mass is 535 g/mol. The number of aliphatic hydroxyl groups is 1. The first kappa shape index (κ1) is 27.1. The van der Waals surface area contributed by atoms with Gasteiger partial charge in [-0.1, -0.05) is 41.9 Å². The maximum atomic E-state index is 13.4. The number of phenols is 1. The molecule has 198 valence electrons. The number of benzene rings is 3. The van der Waals surface area contributed by atoms with Crippen LogP contribution in [-0.2, 0) is 16.1 Å². The van der Waals surface area contributed by atoms with Crippen LogP contribution in [0.5, 0.6) is 17.2 Å². The van der Waals surface area contributed by atoms with Gasteiger partial charge in [-0.3, -0.25) is 9.59 Å². The molecule has 1 atom stereocenters. The Labute approximate surface area is 226 Å². The number of nitrogens with zero attached hydrogens (tertiary/aromatic N) is 1. The van der Waals surface area contributed by atoms with Crippen molar-refractivity contribution in [2.24, 2.45) is 0 Å². The van der Waals surface area contributed by atoms with E-state index in [4.69, 9.17) is 21.1 Å². The van der Waals surface area contributed by atoms with Gasteiger partial charge in [-0.15, -0.1) is 0 Å². The number of para-hydroxylation sites is 1. The SMILES string of the molecule is CCOc1cc(/C(O)=C2/C(=O)C(=O)N(Cc3ccccc3OC(C)(C)C)C2c2ccc(O)cc2)ccc1Cl. The molecule has 0 spiro atoms. The normalized spacial score (nSPS) is 17.1. The maximum Gasteiger partial charge on any atom is 0.295 e. The summed E-state index contributed by atoms with van der Waals surface area (Å²) in [6, 6.07) is 17.3. The number of Topliss-reactive ketones (excluding diaryl/α,β-unsaturated/α-hetero) is 1. The second-order valence-electron chi connectivity index (χ2n) is 9.92. The third-order valence-corrected chi connectivity index (χ3v) is 6.29. The summed E-state index contributed by atoms with van der Waals surface area (Å²) >= 11 is 6.22. The third-order valence-electron chi connectivity index (χ3n) is 5.98. The number of rotatable bonds is 7. The summed E-state index contributed by atoms with van der Waals surface area (Å²) in [5.74, 6) is -0.946. The predicted molar refractivity (Wildman–Crippen MR) is 145 cm³/mol. The smallest absolute Gasteiger partial charge is 0.295 e. The Hall–Kier alpha value is -3.97. The van der Waals surface area contributed by atoms with Gasteiger partial charge in [-0.2, -0.15) is 0 Å². The van der Waals surface area contributed by atoms with E-state index in [9.17, 15) is 19.8 Å². The van der Waals surface area contributed by atoms with Gasteiger partial charge in [0.1, 0.15) is 28.6 Å².